The Morgan fingerprint density at radius 3 is 2.69 bits per heavy atom. The van der Waals surface area contributed by atoms with Crippen molar-refractivity contribution < 1.29 is 13.9 Å². The number of hydrogen-bond donors (Lipinski definition) is 1. The number of carbonyl (C=O) groups excluding carboxylic acids is 1. The van der Waals surface area contributed by atoms with Crippen LogP contribution in [0.25, 0.3) is 10.9 Å². The highest BCUT2D eigenvalue weighted by molar-refractivity contribution is 7.99. The molecule has 1 N–H and O–H groups in total. The van der Waals surface area contributed by atoms with Gasteiger partial charge >= 0.3 is 0 Å². The molecule has 1 amide bonds. The highest BCUT2D eigenvalue weighted by Gasteiger charge is 2.15. The molecule has 0 bridgehead atoms. The van der Waals surface area contributed by atoms with Crippen LogP contribution in [0.1, 0.15) is 18.5 Å². The molecule has 0 saturated heterocycles. The fourth-order valence-corrected chi connectivity index (χ4v) is 3.72. The van der Waals surface area contributed by atoms with Gasteiger partial charge in [0.1, 0.15) is 5.82 Å². The summed E-state index contributed by atoms with van der Waals surface area (Å²) in [6.45, 7) is 2.54. The smallest absolute Gasteiger partial charge is 0.262 e. The van der Waals surface area contributed by atoms with Gasteiger partial charge in [0, 0.05) is 7.11 Å². The number of amides is 1. The van der Waals surface area contributed by atoms with E-state index in [0.717, 1.165) is 5.56 Å². The Kier molecular flexibility index (Phi) is 7.00. The standard InChI is InChI=1S/C21H22FN3O3S/c1-14(15-7-9-16(22)10-8-15)23-19(26)13-29-21-24-18-6-4-3-5-17(18)20(27)25(21)11-12-28-2/h3-10,14H,11-13H2,1-2H3,(H,23,26)/t14-/m1/s1. The molecule has 2 aromatic carbocycles. The van der Waals surface area contributed by atoms with E-state index in [4.69, 9.17) is 4.74 Å². The summed E-state index contributed by atoms with van der Waals surface area (Å²) < 4.78 is 19.7. The lowest BCUT2D eigenvalue weighted by atomic mass is 10.1. The molecule has 3 rings (SSSR count). The van der Waals surface area contributed by atoms with Crippen molar-refractivity contribution in [2.24, 2.45) is 0 Å². The van der Waals surface area contributed by atoms with Crippen molar-refractivity contribution in [3.05, 3.63) is 70.3 Å². The van der Waals surface area contributed by atoms with E-state index in [1.54, 1.807) is 37.4 Å². The summed E-state index contributed by atoms with van der Waals surface area (Å²) in [4.78, 5) is 29.8. The molecule has 0 saturated carbocycles. The summed E-state index contributed by atoms with van der Waals surface area (Å²) in [6, 6.07) is 12.9. The average Bonchev–Trinajstić information content (AvgIpc) is 2.72. The predicted molar refractivity (Wildman–Crippen MR) is 112 cm³/mol. The first-order valence-corrected chi connectivity index (χ1v) is 10.1. The number of fused-ring (bicyclic) bond motifs is 1. The number of nitrogens with zero attached hydrogens (tertiary/aromatic N) is 2. The second kappa shape index (κ2) is 9.67. The van der Waals surface area contributed by atoms with Crippen molar-refractivity contribution in [1.82, 2.24) is 14.9 Å². The van der Waals surface area contributed by atoms with Gasteiger partial charge in [0.15, 0.2) is 5.16 Å². The largest absolute Gasteiger partial charge is 0.383 e. The zero-order valence-electron chi connectivity index (χ0n) is 16.2. The molecule has 0 aliphatic heterocycles. The number of nitrogens with one attached hydrogen (secondary N) is 1. The van der Waals surface area contributed by atoms with Crippen LogP contribution < -0.4 is 10.9 Å². The van der Waals surface area contributed by atoms with E-state index in [0.29, 0.717) is 29.2 Å². The van der Waals surface area contributed by atoms with Crippen molar-refractivity contribution in [3.8, 4) is 0 Å². The molecular formula is C21H22FN3O3S. The minimum absolute atomic E-state index is 0.100. The first-order valence-electron chi connectivity index (χ1n) is 9.15. The van der Waals surface area contributed by atoms with Gasteiger partial charge in [-0.3, -0.25) is 14.2 Å². The number of carbonyl (C=O) groups is 1. The van der Waals surface area contributed by atoms with Crippen LogP contribution in [0, 0.1) is 5.82 Å². The zero-order chi connectivity index (χ0) is 20.8. The molecule has 29 heavy (non-hydrogen) atoms. The summed E-state index contributed by atoms with van der Waals surface area (Å²) in [5.41, 5.74) is 1.24. The zero-order valence-corrected chi connectivity index (χ0v) is 17.0. The maximum Gasteiger partial charge on any atom is 0.262 e. The van der Waals surface area contributed by atoms with Gasteiger partial charge in [-0.05, 0) is 36.8 Å². The maximum atomic E-state index is 13.1. The Bertz CT molecular complexity index is 1050. The number of para-hydroxylation sites is 1. The predicted octanol–water partition coefficient (Wildman–Crippen LogP) is 3.15. The van der Waals surface area contributed by atoms with E-state index >= 15 is 0 Å². The van der Waals surface area contributed by atoms with Gasteiger partial charge < -0.3 is 10.1 Å². The molecule has 0 fully saturated rings. The highest BCUT2D eigenvalue weighted by Crippen LogP contribution is 2.19. The van der Waals surface area contributed by atoms with Crippen molar-refractivity contribution in [2.45, 2.75) is 24.7 Å². The molecule has 0 aliphatic rings. The van der Waals surface area contributed by atoms with Crippen LogP contribution in [0.15, 0.2) is 58.5 Å². The number of rotatable bonds is 8. The van der Waals surface area contributed by atoms with Crippen molar-refractivity contribution in [3.63, 3.8) is 0 Å². The third-order valence-corrected chi connectivity index (χ3v) is 5.40. The van der Waals surface area contributed by atoms with E-state index < -0.39 is 0 Å². The lowest BCUT2D eigenvalue weighted by Crippen LogP contribution is -2.29. The number of benzene rings is 2. The summed E-state index contributed by atoms with van der Waals surface area (Å²) in [5, 5.41) is 3.88. The van der Waals surface area contributed by atoms with Crippen molar-refractivity contribution >= 4 is 28.6 Å². The number of aromatic nitrogens is 2. The van der Waals surface area contributed by atoms with Gasteiger partial charge in [0.25, 0.3) is 5.56 Å². The molecule has 6 nitrogen and oxygen atoms in total. The Labute approximate surface area is 172 Å². The lowest BCUT2D eigenvalue weighted by molar-refractivity contribution is -0.119. The Balaban J connectivity index is 1.74. The van der Waals surface area contributed by atoms with E-state index in [9.17, 15) is 14.0 Å². The van der Waals surface area contributed by atoms with Crippen LogP contribution in [0.4, 0.5) is 4.39 Å². The average molecular weight is 415 g/mol. The van der Waals surface area contributed by atoms with Gasteiger partial charge in [0.2, 0.25) is 5.91 Å². The molecular weight excluding hydrogens is 393 g/mol. The van der Waals surface area contributed by atoms with Crippen LogP contribution >= 0.6 is 11.8 Å². The lowest BCUT2D eigenvalue weighted by Gasteiger charge is -2.15. The Hall–Kier alpha value is -2.71. The van der Waals surface area contributed by atoms with Crippen LogP contribution in [-0.4, -0.2) is 34.9 Å². The third kappa shape index (κ3) is 5.21. The Morgan fingerprint density at radius 1 is 1.24 bits per heavy atom. The van der Waals surface area contributed by atoms with E-state index in [1.165, 1.54) is 28.5 Å². The first-order chi connectivity index (χ1) is 14.0. The van der Waals surface area contributed by atoms with Gasteiger partial charge in [-0.25, -0.2) is 9.37 Å². The van der Waals surface area contributed by atoms with E-state index in [2.05, 4.69) is 10.3 Å². The van der Waals surface area contributed by atoms with Crippen molar-refractivity contribution in [1.29, 1.82) is 0 Å². The van der Waals surface area contributed by atoms with E-state index in [-0.39, 0.29) is 29.1 Å². The summed E-state index contributed by atoms with van der Waals surface area (Å²) in [6.07, 6.45) is 0. The molecule has 0 unspecified atom stereocenters. The number of methoxy groups -OCH3 is 1. The van der Waals surface area contributed by atoms with Gasteiger partial charge in [-0.1, -0.05) is 36.0 Å². The third-order valence-electron chi connectivity index (χ3n) is 4.43. The monoisotopic (exact) mass is 415 g/mol. The van der Waals surface area contributed by atoms with Gasteiger partial charge in [-0.15, -0.1) is 0 Å². The number of halogens is 1. The number of hydrogen-bond acceptors (Lipinski definition) is 5. The topological polar surface area (TPSA) is 73.2 Å². The fraction of sp³-hybridized carbons (Fsp3) is 0.286. The second-order valence-corrected chi connectivity index (χ2v) is 7.43. The normalized spacial score (nSPS) is 12.1. The molecule has 152 valence electrons. The SMILES string of the molecule is COCCn1c(SCC(=O)N[C@H](C)c2ccc(F)cc2)nc2ccccc2c1=O. The van der Waals surface area contributed by atoms with Gasteiger partial charge in [0.05, 0.1) is 35.8 Å². The summed E-state index contributed by atoms with van der Waals surface area (Å²) in [7, 11) is 1.57. The van der Waals surface area contributed by atoms with Crippen LogP contribution in [0.5, 0.6) is 0 Å². The molecule has 1 heterocycles. The minimum Gasteiger partial charge on any atom is -0.383 e. The highest BCUT2D eigenvalue weighted by atomic mass is 32.2. The first kappa shape index (κ1) is 21.0. The van der Waals surface area contributed by atoms with Crippen LogP contribution in [-0.2, 0) is 16.1 Å². The Morgan fingerprint density at radius 2 is 1.97 bits per heavy atom. The maximum absolute atomic E-state index is 13.1. The molecule has 8 heteroatoms. The molecule has 1 atom stereocenters. The molecule has 0 spiro atoms. The van der Waals surface area contributed by atoms with Crippen molar-refractivity contribution in [2.75, 3.05) is 19.5 Å². The summed E-state index contributed by atoms with van der Waals surface area (Å²) in [5.74, 6) is -0.421. The number of ether oxygens (including phenoxy) is 1. The number of thioether (sulfide) groups is 1. The van der Waals surface area contributed by atoms with Crippen LogP contribution in [0.3, 0.4) is 0 Å². The van der Waals surface area contributed by atoms with Gasteiger partial charge in [-0.2, -0.15) is 0 Å². The molecule has 3 aromatic rings. The van der Waals surface area contributed by atoms with Crippen LogP contribution in [0.2, 0.25) is 0 Å². The minimum atomic E-state index is -0.320. The molecule has 0 radical (unpaired) electrons. The summed E-state index contributed by atoms with van der Waals surface area (Å²) >= 11 is 1.20. The van der Waals surface area contributed by atoms with E-state index in [1.807, 2.05) is 13.0 Å². The molecule has 0 aliphatic carbocycles. The second-order valence-electron chi connectivity index (χ2n) is 6.49. The molecule has 1 aromatic heterocycles. The fourth-order valence-electron chi connectivity index (χ4n) is 2.89. The quantitative estimate of drug-likeness (QED) is 0.452.